The Morgan fingerprint density at radius 3 is 2.94 bits per heavy atom. The van der Waals surface area contributed by atoms with Crippen molar-refractivity contribution in [2.45, 2.75) is 13.5 Å². The first-order valence-electron chi connectivity index (χ1n) is 5.07. The quantitative estimate of drug-likeness (QED) is 0.631. The van der Waals surface area contributed by atoms with E-state index in [1.54, 1.807) is 25.3 Å². The lowest BCUT2D eigenvalue weighted by Crippen LogP contribution is -2.21. The van der Waals surface area contributed by atoms with Crippen molar-refractivity contribution >= 4 is 5.65 Å². The van der Waals surface area contributed by atoms with Gasteiger partial charge < -0.3 is 4.42 Å². The Labute approximate surface area is 95.3 Å². The Hall–Kier alpha value is -2.44. The van der Waals surface area contributed by atoms with E-state index in [1.165, 1.54) is 9.08 Å². The van der Waals surface area contributed by atoms with E-state index in [0.29, 0.717) is 17.4 Å². The summed E-state index contributed by atoms with van der Waals surface area (Å²) in [7, 11) is 0. The number of aryl methyl sites for hydroxylation is 1. The molecule has 3 aromatic heterocycles. The highest BCUT2D eigenvalue weighted by atomic mass is 16.4. The number of rotatable bonds is 2. The molecule has 3 heterocycles. The van der Waals surface area contributed by atoms with Gasteiger partial charge in [0.1, 0.15) is 6.54 Å². The van der Waals surface area contributed by atoms with Crippen molar-refractivity contribution < 1.29 is 4.42 Å². The van der Waals surface area contributed by atoms with Gasteiger partial charge in [0, 0.05) is 13.1 Å². The number of nitrogens with zero attached hydrogens (tertiary/aromatic N) is 5. The Balaban J connectivity index is 2.06. The van der Waals surface area contributed by atoms with E-state index < -0.39 is 0 Å². The maximum Gasteiger partial charge on any atom is 0.350 e. The van der Waals surface area contributed by atoms with Gasteiger partial charge in [-0.15, -0.1) is 15.3 Å². The van der Waals surface area contributed by atoms with Crippen LogP contribution in [0.1, 0.15) is 11.8 Å². The molecule has 0 aromatic carbocycles. The fourth-order valence-electron chi connectivity index (χ4n) is 1.60. The second-order valence-electron chi connectivity index (χ2n) is 3.58. The topological polar surface area (TPSA) is 78.2 Å². The Bertz CT molecular complexity index is 723. The molecule has 0 saturated carbocycles. The second kappa shape index (κ2) is 3.55. The van der Waals surface area contributed by atoms with Crippen molar-refractivity contribution in [2.24, 2.45) is 0 Å². The summed E-state index contributed by atoms with van der Waals surface area (Å²) < 4.78 is 7.96. The number of hydrogen-bond acceptors (Lipinski definition) is 5. The maximum atomic E-state index is 11.9. The standard InChI is InChI=1S/C10H9N5O2/c1-7-11-12-9(17-7)6-15-10(16)14-5-3-2-4-8(14)13-15/h2-5H,6H2,1H3. The number of fused-ring (bicyclic) bond motifs is 1. The van der Waals surface area contributed by atoms with Gasteiger partial charge in [0.2, 0.25) is 11.8 Å². The van der Waals surface area contributed by atoms with Crippen LogP contribution in [0.3, 0.4) is 0 Å². The van der Waals surface area contributed by atoms with Crippen molar-refractivity contribution in [3.63, 3.8) is 0 Å². The van der Waals surface area contributed by atoms with Crippen LogP contribution in [0.15, 0.2) is 33.6 Å². The average molecular weight is 231 g/mol. The van der Waals surface area contributed by atoms with Crippen molar-refractivity contribution in [3.05, 3.63) is 46.7 Å². The summed E-state index contributed by atoms with van der Waals surface area (Å²) >= 11 is 0. The maximum absolute atomic E-state index is 11.9. The predicted octanol–water partition coefficient (Wildman–Crippen LogP) is 0.236. The van der Waals surface area contributed by atoms with Crippen LogP contribution >= 0.6 is 0 Å². The van der Waals surface area contributed by atoms with Gasteiger partial charge in [-0.05, 0) is 12.1 Å². The molecule has 0 amide bonds. The highest BCUT2D eigenvalue weighted by Gasteiger charge is 2.09. The molecule has 0 atom stereocenters. The van der Waals surface area contributed by atoms with Crippen LogP contribution < -0.4 is 5.69 Å². The molecular weight excluding hydrogens is 222 g/mol. The normalized spacial score (nSPS) is 11.1. The van der Waals surface area contributed by atoms with Crippen LogP contribution in [0.25, 0.3) is 5.65 Å². The first-order chi connectivity index (χ1) is 8.24. The van der Waals surface area contributed by atoms with E-state index in [1.807, 2.05) is 6.07 Å². The van der Waals surface area contributed by atoms with Crippen LogP contribution in [-0.2, 0) is 6.54 Å². The van der Waals surface area contributed by atoms with Crippen molar-refractivity contribution in [3.8, 4) is 0 Å². The van der Waals surface area contributed by atoms with Crippen molar-refractivity contribution in [1.29, 1.82) is 0 Å². The molecule has 0 fully saturated rings. The van der Waals surface area contributed by atoms with E-state index in [0.717, 1.165) is 0 Å². The van der Waals surface area contributed by atoms with E-state index >= 15 is 0 Å². The zero-order chi connectivity index (χ0) is 11.8. The summed E-state index contributed by atoms with van der Waals surface area (Å²) in [5, 5.41) is 11.7. The minimum atomic E-state index is -0.226. The monoisotopic (exact) mass is 231 g/mol. The third kappa shape index (κ3) is 1.61. The largest absolute Gasteiger partial charge is 0.424 e. The van der Waals surface area contributed by atoms with E-state index in [-0.39, 0.29) is 12.2 Å². The van der Waals surface area contributed by atoms with Gasteiger partial charge >= 0.3 is 5.69 Å². The number of hydrogen-bond donors (Lipinski definition) is 0. The van der Waals surface area contributed by atoms with Gasteiger partial charge in [0.05, 0.1) is 0 Å². The molecule has 0 N–H and O–H groups in total. The third-order valence-electron chi connectivity index (χ3n) is 2.34. The molecule has 7 heteroatoms. The molecule has 86 valence electrons. The molecule has 0 spiro atoms. The molecule has 0 bridgehead atoms. The van der Waals surface area contributed by atoms with E-state index in [2.05, 4.69) is 15.3 Å². The molecule has 0 aliphatic carbocycles. The van der Waals surface area contributed by atoms with Gasteiger partial charge in [0.15, 0.2) is 5.65 Å². The fourth-order valence-corrected chi connectivity index (χ4v) is 1.60. The Morgan fingerprint density at radius 1 is 1.35 bits per heavy atom. The highest BCUT2D eigenvalue weighted by molar-refractivity contribution is 5.35. The first kappa shape index (κ1) is 9.76. The van der Waals surface area contributed by atoms with Crippen LogP contribution in [0.2, 0.25) is 0 Å². The molecule has 7 nitrogen and oxygen atoms in total. The van der Waals surface area contributed by atoms with E-state index in [9.17, 15) is 4.79 Å². The van der Waals surface area contributed by atoms with Crippen LogP contribution in [0.4, 0.5) is 0 Å². The predicted molar refractivity (Wildman–Crippen MR) is 57.6 cm³/mol. The number of pyridine rings is 1. The fraction of sp³-hybridized carbons (Fsp3) is 0.200. The molecule has 0 unspecified atom stereocenters. The van der Waals surface area contributed by atoms with Crippen LogP contribution in [-0.4, -0.2) is 24.4 Å². The SMILES string of the molecule is Cc1nnc(Cn2nc3ccccn3c2=O)o1. The summed E-state index contributed by atoms with van der Waals surface area (Å²) in [6, 6.07) is 5.36. The van der Waals surface area contributed by atoms with Gasteiger partial charge in [-0.2, -0.15) is 0 Å². The second-order valence-corrected chi connectivity index (χ2v) is 3.58. The van der Waals surface area contributed by atoms with Gasteiger partial charge in [-0.1, -0.05) is 6.07 Å². The average Bonchev–Trinajstić information content (AvgIpc) is 2.86. The van der Waals surface area contributed by atoms with Gasteiger partial charge in [-0.25, -0.2) is 9.48 Å². The molecule has 17 heavy (non-hydrogen) atoms. The van der Waals surface area contributed by atoms with E-state index in [4.69, 9.17) is 4.42 Å². The smallest absolute Gasteiger partial charge is 0.350 e. The summed E-state index contributed by atoms with van der Waals surface area (Å²) in [4.78, 5) is 11.9. The first-order valence-corrected chi connectivity index (χ1v) is 5.07. The number of aromatic nitrogens is 5. The summed E-state index contributed by atoms with van der Waals surface area (Å²) in [5.74, 6) is 0.838. The van der Waals surface area contributed by atoms with Gasteiger partial charge in [0.25, 0.3) is 0 Å². The molecule has 3 rings (SSSR count). The van der Waals surface area contributed by atoms with Crippen LogP contribution in [0, 0.1) is 6.92 Å². The molecular formula is C10H9N5O2. The Morgan fingerprint density at radius 2 is 2.24 bits per heavy atom. The zero-order valence-corrected chi connectivity index (χ0v) is 9.07. The highest BCUT2D eigenvalue weighted by Crippen LogP contribution is 2.00. The van der Waals surface area contributed by atoms with Crippen molar-refractivity contribution in [1.82, 2.24) is 24.4 Å². The molecule has 0 radical (unpaired) electrons. The van der Waals surface area contributed by atoms with Crippen molar-refractivity contribution in [2.75, 3.05) is 0 Å². The summed E-state index contributed by atoms with van der Waals surface area (Å²) in [6.45, 7) is 1.88. The molecule has 0 aliphatic heterocycles. The minimum absolute atomic E-state index is 0.182. The lowest BCUT2D eigenvalue weighted by atomic mass is 10.5. The van der Waals surface area contributed by atoms with Crippen LogP contribution in [0.5, 0.6) is 0 Å². The zero-order valence-electron chi connectivity index (χ0n) is 9.07. The lowest BCUT2D eigenvalue weighted by molar-refractivity contribution is 0.440. The Kier molecular flexibility index (Phi) is 2.04. The molecule has 0 saturated heterocycles. The minimum Gasteiger partial charge on any atom is -0.424 e. The molecule has 3 aromatic rings. The molecule has 0 aliphatic rings. The van der Waals surface area contributed by atoms with Gasteiger partial charge in [-0.3, -0.25) is 4.40 Å². The lowest BCUT2D eigenvalue weighted by Gasteiger charge is -1.91. The summed E-state index contributed by atoms with van der Waals surface area (Å²) in [6.07, 6.45) is 1.67. The summed E-state index contributed by atoms with van der Waals surface area (Å²) in [5.41, 5.74) is 0.366. The third-order valence-corrected chi connectivity index (χ3v) is 2.34.